The van der Waals surface area contributed by atoms with Crippen LogP contribution in [0.1, 0.15) is 68.8 Å². The molecule has 2 rings (SSSR count). The summed E-state index contributed by atoms with van der Waals surface area (Å²) in [5.41, 5.74) is 3.40. The Bertz CT molecular complexity index is 385. The van der Waals surface area contributed by atoms with Gasteiger partial charge in [0.15, 0.2) is 0 Å². The van der Waals surface area contributed by atoms with Crippen molar-refractivity contribution < 1.29 is 0 Å². The highest BCUT2D eigenvalue weighted by Gasteiger charge is 2.40. The van der Waals surface area contributed by atoms with Crippen LogP contribution in [0.25, 0.3) is 0 Å². The standard InChI is InChI=1S/C18H27Br/c1-4-15-7-9-16(10-8-15)17(19)18(13-14(2)3)11-5-6-12-18/h7-10,14,17H,4-6,11-13H2,1-3H3. The predicted octanol–water partition coefficient (Wildman–Crippen LogP) is 6.29. The third kappa shape index (κ3) is 3.42. The van der Waals surface area contributed by atoms with E-state index in [0.717, 1.165) is 12.3 Å². The van der Waals surface area contributed by atoms with Crippen LogP contribution in [0.5, 0.6) is 0 Å². The average molecular weight is 323 g/mol. The first-order valence-corrected chi connectivity index (χ1v) is 8.72. The van der Waals surface area contributed by atoms with E-state index in [1.54, 1.807) is 0 Å². The number of hydrogen-bond acceptors (Lipinski definition) is 0. The summed E-state index contributed by atoms with van der Waals surface area (Å²) in [5.74, 6) is 0.785. The third-order valence-corrected chi connectivity index (χ3v) is 6.13. The average Bonchev–Trinajstić information content (AvgIpc) is 2.87. The molecule has 106 valence electrons. The fourth-order valence-electron chi connectivity index (χ4n) is 3.73. The zero-order valence-corrected chi connectivity index (χ0v) is 14.2. The van der Waals surface area contributed by atoms with Gasteiger partial charge in [-0.1, -0.05) is 73.8 Å². The molecule has 0 nitrogen and oxygen atoms in total. The van der Waals surface area contributed by atoms with Crippen molar-refractivity contribution in [3.63, 3.8) is 0 Å². The van der Waals surface area contributed by atoms with Gasteiger partial charge in [-0.15, -0.1) is 0 Å². The van der Waals surface area contributed by atoms with Crippen LogP contribution in [0.15, 0.2) is 24.3 Å². The van der Waals surface area contributed by atoms with Gasteiger partial charge < -0.3 is 0 Å². The Hall–Kier alpha value is -0.300. The maximum Gasteiger partial charge on any atom is 0.0451 e. The minimum Gasteiger partial charge on any atom is -0.0833 e. The van der Waals surface area contributed by atoms with Gasteiger partial charge in [-0.2, -0.15) is 0 Å². The Morgan fingerprint density at radius 2 is 1.68 bits per heavy atom. The molecule has 1 atom stereocenters. The van der Waals surface area contributed by atoms with E-state index in [1.807, 2.05) is 0 Å². The van der Waals surface area contributed by atoms with Crippen LogP contribution in [0.3, 0.4) is 0 Å². The van der Waals surface area contributed by atoms with Crippen LogP contribution < -0.4 is 0 Å². The first-order valence-electron chi connectivity index (χ1n) is 7.80. The lowest BCUT2D eigenvalue weighted by atomic mass is 9.74. The van der Waals surface area contributed by atoms with Gasteiger partial charge >= 0.3 is 0 Å². The van der Waals surface area contributed by atoms with Crippen molar-refractivity contribution in [3.05, 3.63) is 35.4 Å². The van der Waals surface area contributed by atoms with Crippen molar-refractivity contribution in [2.75, 3.05) is 0 Å². The van der Waals surface area contributed by atoms with Crippen molar-refractivity contribution in [1.82, 2.24) is 0 Å². The molecule has 0 heterocycles. The highest BCUT2D eigenvalue weighted by Crippen LogP contribution is 2.55. The molecule has 1 aromatic rings. The summed E-state index contributed by atoms with van der Waals surface area (Å²) < 4.78 is 0. The molecule has 0 radical (unpaired) electrons. The van der Waals surface area contributed by atoms with E-state index in [1.165, 1.54) is 43.2 Å². The fraction of sp³-hybridized carbons (Fsp3) is 0.667. The van der Waals surface area contributed by atoms with Gasteiger partial charge in [0.25, 0.3) is 0 Å². The second kappa shape index (κ2) is 6.43. The molecule has 1 aliphatic carbocycles. The molecule has 1 unspecified atom stereocenters. The molecule has 0 saturated heterocycles. The van der Waals surface area contributed by atoms with E-state index in [-0.39, 0.29) is 0 Å². The summed E-state index contributed by atoms with van der Waals surface area (Å²) in [4.78, 5) is 0.524. The van der Waals surface area contributed by atoms with Gasteiger partial charge in [0.05, 0.1) is 0 Å². The first-order chi connectivity index (χ1) is 9.07. The molecule has 0 aromatic heterocycles. The van der Waals surface area contributed by atoms with Gasteiger partial charge in [0, 0.05) is 4.83 Å². The topological polar surface area (TPSA) is 0 Å². The molecule has 19 heavy (non-hydrogen) atoms. The molecule has 0 bridgehead atoms. The van der Waals surface area contributed by atoms with Crippen LogP contribution in [0.4, 0.5) is 0 Å². The summed E-state index contributed by atoms with van der Waals surface area (Å²) >= 11 is 4.04. The van der Waals surface area contributed by atoms with Crippen LogP contribution in [-0.2, 0) is 6.42 Å². The minimum atomic E-state index is 0.488. The Kier molecular flexibility index (Phi) is 5.11. The van der Waals surface area contributed by atoms with Gasteiger partial charge in [-0.3, -0.25) is 0 Å². The molecule has 1 saturated carbocycles. The number of benzene rings is 1. The van der Waals surface area contributed by atoms with Crippen LogP contribution in [0.2, 0.25) is 0 Å². The molecular formula is C18H27Br. The minimum absolute atomic E-state index is 0.488. The quantitative estimate of drug-likeness (QED) is 0.558. The number of aryl methyl sites for hydroxylation is 1. The largest absolute Gasteiger partial charge is 0.0833 e. The van der Waals surface area contributed by atoms with E-state index >= 15 is 0 Å². The molecular weight excluding hydrogens is 296 g/mol. The molecule has 1 heteroatoms. The maximum absolute atomic E-state index is 4.04. The number of rotatable bonds is 5. The van der Waals surface area contributed by atoms with Crippen molar-refractivity contribution in [2.45, 2.75) is 64.1 Å². The molecule has 0 spiro atoms. The Morgan fingerprint density at radius 3 is 2.16 bits per heavy atom. The van der Waals surface area contributed by atoms with E-state index in [9.17, 15) is 0 Å². The normalized spacial score (nSPS) is 19.8. The van der Waals surface area contributed by atoms with Crippen LogP contribution in [-0.4, -0.2) is 0 Å². The summed E-state index contributed by atoms with van der Waals surface area (Å²) in [7, 11) is 0. The monoisotopic (exact) mass is 322 g/mol. The molecule has 0 aliphatic heterocycles. The van der Waals surface area contributed by atoms with Crippen molar-refractivity contribution >= 4 is 15.9 Å². The number of hydrogen-bond donors (Lipinski definition) is 0. The third-order valence-electron chi connectivity index (χ3n) is 4.63. The molecule has 1 aliphatic rings. The molecule has 1 fully saturated rings. The van der Waals surface area contributed by atoms with E-state index in [4.69, 9.17) is 0 Å². The second-order valence-corrected chi connectivity index (χ2v) is 7.54. The lowest BCUT2D eigenvalue weighted by molar-refractivity contribution is 0.230. The van der Waals surface area contributed by atoms with Crippen LogP contribution >= 0.6 is 15.9 Å². The SMILES string of the molecule is CCc1ccc(C(Br)C2(CC(C)C)CCCC2)cc1. The Balaban J connectivity index is 2.20. The number of halogens is 1. The fourth-order valence-corrected chi connectivity index (χ4v) is 4.68. The maximum atomic E-state index is 4.04. The Morgan fingerprint density at radius 1 is 1.11 bits per heavy atom. The molecule has 0 amide bonds. The van der Waals surface area contributed by atoms with Gasteiger partial charge in [0.2, 0.25) is 0 Å². The first kappa shape index (κ1) is 15.1. The molecule has 0 N–H and O–H groups in total. The van der Waals surface area contributed by atoms with E-state index < -0.39 is 0 Å². The molecule has 1 aromatic carbocycles. The zero-order chi connectivity index (χ0) is 13.9. The lowest BCUT2D eigenvalue weighted by Gasteiger charge is -2.36. The van der Waals surface area contributed by atoms with Gasteiger partial charge in [-0.25, -0.2) is 0 Å². The van der Waals surface area contributed by atoms with Crippen LogP contribution in [0, 0.1) is 11.3 Å². The number of alkyl halides is 1. The van der Waals surface area contributed by atoms with Gasteiger partial charge in [-0.05, 0) is 48.1 Å². The van der Waals surface area contributed by atoms with Crippen molar-refractivity contribution in [1.29, 1.82) is 0 Å². The predicted molar refractivity (Wildman–Crippen MR) is 87.8 cm³/mol. The van der Waals surface area contributed by atoms with E-state index in [0.29, 0.717) is 10.2 Å². The second-order valence-electron chi connectivity index (χ2n) is 6.63. The van der Waals surface area contributed by atoms with Crippen molar-refractivity contribution in [2.24, 2.45) is 11.3 Å². The smallest absolute Gasteiger partial charge is 0.0451 e. The summed E-state index contributed by atoms with van der Waals surface area (Å²) in [6.07, 6.45) is 8.06. The lowest BCUT2D eigenvalue weighted by Crippen LogP contribution is -2.24. The Labute approximate surface area is 127 Å². The summed E-state index contributed by atoms with van der Waals surface area (Å²) in [6.45, 7) is 6.94. The van der Waals surface area contributed by atoms with Gasteiger partial charge in [0.1, 0.15) is 0 Å². The van der Waals surface area contributed by atoms with Crippen molar-refractivity contribution in [3.8, 4) is 0 Å². The summed E-state index contributed by atoms with van der Waals surface area (Å²) in [6, 6.07) is 9.25. The van der Waals surface area contributed by atoms with E-state index in [2.05, 4.69) is 61.0 Å². The zero-order valence-electron chi connectivity index (χ0n) is 12.6. The highest BCUT2D eigenvalue weighted by molar-refractivity contribution is 9.09. The highest BCUT2D eigenvalue weighted by atomic mass is 79.9. The summed E-state index contributed by atoms with van der Waals surface area (Å²) in [5, 5.41) is 0.